The lowest BCUT2D eigenvalue weighted by Gasteiger charge is -2.33. The average molecular weight is 266 g/mol. The van der Waals surface area contributed by atoms with Gasteiger partial charge >= 0.3 is 0 Å². The van der Waals surface area contributed by atoms with E-state index in [2.05, 4.69) is 17.9 Å². The van der Waals surface area contributed by atoms with Crippen LogP contribution in [-0.4, -0.2) is 31.4 Å². The van der Waals surface area contributed by atoms with E-state index in [0.29, 0.717) is 6.54 Å². The van der Waals surface area contributed by atoms with Gasteiger partial charge in [-0.2, -0.15) is 12.6 Å². The predicted octanol–water partition coefficient (Wildman–Crippen LogP) is 2.16. The Labute approximate surface area is 113 Å². The summed E-state index contributed by atoms with van der Waals surface area (Å²) in [5, 5.41) is 3.07. The summed E-state index contributed by atoms with van der Waals surface area (Å²) in [4.78, 5) is 13.9. The van der Waals surface area contributed by atoms with Crippen molar-refractivity contribution in [1.82, 2.24) is 0 Å². The molecule has 5 heteroatoms. The van der Waals surface area contributed by atoms with Crippen molar-refractivity contribution >= 4 is 29.9 Å². The molecule has 1 heterocycles. The molecular formula is C13H18N2O2S. The van der Waals surface area contributed by atoms with Gasteiger partial charge in [-0.05, 0) is 37.3 Å². The Morgan fingerprint density at radius 2 is 2.28 bits per heavy atom. The number of benzene rings is 1. The van der Waals surface area contributed by atoms with Crippen LogP contribution in [0.2, 0.25) is 0 Å². The summed E-state index contributed by atoms with van der Waals surface area (Å²) in [5.41, 5.74) is 1.81. The van der Waals surface area contributed by atoms with E-state index in [4.69, 9.17) is 4.74 Å². The van der Waals surface area contributed by atoms with Crippen molar-refractivity contribution < 1.29 is 9.53 Å². The molecule has 0 bridgehead atoms. The summed E-state index contributed by atoms with van der Waals surface area (Å²) in [7, 11) is 1.86. The van der Waals surface area contributed by atoms with Crippen LogP contribution in [0.25, 0.3) is 0 Å². The molecule has 0 aliphatic carbocycles. The molecule has 1 aliphatic heterocycles. The molecule has 1 atom stereocenters. The Morgan fingerprint density at radius 1 is 1.50 bits per heavy atom. The lowest BCUT2D eigenvalue weighted by Crippen LogP contribution is -2.45. The van der Waals surface area contributed by atoms with E-state index in [-0.39, 0.29) is 5.91 Å². The zero-order valence-electron chi connectivity index (χ0n) is 10.6. The third-order valence-electron chi connectivity index (χ3n) is 3.00. The number of hydrogen-bond donors (Lipinski definition) is 2. The minimum atomic E-state index is -0.419. The molecule has 0 saturated carbocycles. The van der Waals surface area contributed by atoms with Crippen molar-refractivity contribution in [2.45, 2.75) is 19.4 Å². The molecule has 1 aliphatic rings. The number of rotatable bonds is 4. The van der Waals surface area contributed by atoms with Crippen LogP contribution in [0.3, 0.4) is 0 Å². The van der Waals surface area contributed by atoms with E-state index in [1.807, 2.05) is 25.2 Å². The van der Waals surface area contributed by atoms with Crippen molar-refractivity contribution in [3.63, 3.8) is 0 Å². The van der Waals surface area contributed by atoms with Crippen LogP contribution in [0.1, 0.15) is 13.3 Å². The molecule has 1 unspecified atom stereocenters. The molecule has 2 rings (SSSR count). The highest BCUT2D eigenvalue weighted by atomic mass is 32.1. The van der Waals surface area contributed by atoms with Gasteiger partial charge in [0.05, 0.1) is 5.69 Å². The molecule has 0 radical (unpaired) electrons. The molecule has 1 N–H and O–H groups in total. The maximum Gasteiger partial charge on any atom is 0.267 e. The summed E-state index contributed by atoms with van der Waals surface area (Å²) in [6, 6.07) is 5.79. The van der Waals surface area contributed by atoms with Crippen molar-refractivity contribution in [2.24, 2.45) is 0 Å². The predicted molar refractivity (Wildman–Crippen MR) is 76.9 cm³/mol. The Bertz CT molecular complexity index is 451. The van der Waals surface area contributed by atoms with Crippen molar-refractivity contribution in [1.29, 1.82) is 0 Å². The fourth-order valence-electron chi connectivity index (χ4n) is 2.02. The normalized spacial score (nSPS) is 18.3. The Balaban J connectivity index is 2.36. The maximum atomic E-state index is 12.1. The zero-order chi connectivity index (χ0) is 13.1. The average Bonchev–Trinajstić information content (AvgIpc) is 2.39. The number of amides is 1. The molecule has 98 valence electrons. The Hall–Kier alpha value is -1.36. The van der Waals surface area contributed by atoms with E-state index in [1.54, 1.807) is 11.8 Å². The number of nitrogens with one attached hydrogen (secondary N) is 1. The van der Waals surface area contributed by atoms with E-state index in [1.165, 1.54) is 0 Å². The monoisotopic (exact) mass is 266 g/mol. The second kappa shape index (κ2) is 5.52. The lowest BCUT2D eigenvalue weighted by molar-refractivity contribution is -0.125. The molecule has 4 nitrogen and oxygen atoms in total. The fourth-order valence-corrected chi connectivity index (χ4v) is 2.16. The van der Waals surface area contributed by atoms with Crippen molar-refractivity contribution in [3.8, 4) is 5.75 Å². The van der Waals surface area contributed by atoms with E-state index >= 15 is 0 Å². The van der Waals surface area contributed by atoms with Crippen LogP contribution in [0.4, 0.5) is 11.4 Å². The van der Waals surface area contributed by atoms with Gasteiger partial charge in [0, 0.05) is 19.3 Å². The number of fused-ring (bicyclic) bond motifs is 1. The minimum Gasteiger partial charge on any atom is -0.479 e. The smallest absolute Gasteiger partial charge is 0.267 e. The van der Waals surface area contributed by atoms with Crippen molar-refractivity contribution in [3.05, 3.63) is 18.2 Å². The van der Waals surface area contributed by atoms with Crippen LogP contribution in [0, 0.1) is 0 Å². The van der Waals surface area contributed by atoms with Gasteiger partial charge in [-0.1, -0.05) is 0 Å². The van der Waals surface area contributed by atoms with Crippen LogP contribution >= 0.6 is 12.6 Å². The van der Waals surface area contributed by atoms with Gasteiger partial charge in [0.25, 0.3) is 5.91 Å². The number of carbonyl (C=O) groups excluding carboxylic acids is 1. The van der Waals surface area contributed by atoms with E-state index < -0.39 is 6.10 Å². The number of ether oxygens (including phenoxy) is 1. The highest BCUT2D eigenvalue weighted by Crippen LogP contribution is 2.36. The quantitative estimate of drug-likeness (QED) is 0.821. The zero-order valence-corrected chi connectivity index (χ0v) is 11.5. The van der Waals surface area contributed by atoms with Crippen LogP contribution in [0.5, 0.6) is 5.75 Å². The second-order valence-electron chi connectivity index (χ2n) is 4.26. The van der Waals surface area contributed by atoms with Gasteiger partial charge in [0.15, 0.2) is 6.10 Å². The standard InChI is InChI=1S/C13H18N2O2S/c1-9-13(16)15(6-3-7-18)11-8-10(14-2)4-5-12(11)17-9/h4-5,8-9,14,18H,3,6-7H2,1-2H3. The summed E-state index contributed by atoms with van der Waals surface area (Å²) < 4.78 is 5.62. The van der Waals surface area contributed by atoms with E-state index in [9.17, 15) is 4.79 Å². The molecule has 1 aromatic carbocycles. The second-order valence-corrected chi connectivity index (χ2v) is 4.71. The number of anilines is 2. The number of carbonyl (C=O) groups is 1. The lowest BCUT2D eigenvalue weighted by atomic mass is 10.1. The topological polar surface area (TPSA) is 41.6 Å². The first kappa shape index (κ1) is 13.1. The SMILES string of the molecule is CNc1ccc2c(c1)N(CCCS)C(=O)C(C)O2. The van der Waals surface area contributed by atoms with Gasteiger partial charge in [0.2, 0.25) is 0 Å². The first-order valence-corrected chi connectivity index (χ1v) is 6.71. The van der Waals surface area contributed by atoms with Crippen molar-refractivity contribution in [2.75, 3.05) is 29.6 Å². The molecule has 0 spiro atoms. The first-order chi connectivity index (χ1) is 8.67. The summed E-state index contributed by atoms with van der Waals surface area (Å²) >= 11 is 4.20. The first-order valence-electron chi connectivity index (χ1n) is 6.08. The molecule has 1 amide bonds. The molecule has 18 heavy (non-hydrogen) atoms. The van der Waals surface area contributed by atoms with E-state index in [0.717, 1.165) is 29.3 Å². The van der Waals surface area contributed by atoms with Gasteiger partial charge < -0.3 is 15.0 Å². The molecule has 0 saturated heterocycles. The molecule has 0 fully saturated rings. The van der Waals surface area contributed by atoms with Gasteiger partial charge in [0.1, 0.15) is 5.75 Å². The molecule has 1 aromatic rings. The molecular weight excluding hydrogens is 248 g/mol. The Kier molecular flexibility index (Phi) is 4.01. The van der Waals surface area contributed by atoms with Crippen LogP contribution in [0.15, 0.2) is 18.2 Å². The summed E-state index contributed by atoms with van der Waals surface area (Å²) in [5.74, 6) is 1.54. The summed E-state index contributed by atoms with van der Waals surface area (Å²) in [6.07, 6.45) is 0.447. The number of thiol groups is 1. The minimum absolute atomic E-state index is 0.0116. The summed E-state index contributed by atoms with van der Waals surface area (Å²) in [6.45, 7) is 2.46. The van der Waals surface area contributed by atoms with Crippen LogP contribution in [-0.2, 0) is 4.79 Å². The third kappa shape index (κ3) is 2.41. The number of nitrogens with zero attached hydrogens (tertiary/aromatic N) is 1. The van der Waals surface area contributed by atoms with Gasteiger partial charge in [-0.25, -0.2) is 0 Å². The number of hydrogen-bond acceptors (Lipinski definition) is 4. The van der Waals surface area contributed by atoms with Gasteiger partial charge in [-0.3, -0.25) is 4.79 Å². The highest BCUT2D eigenvalue weighted by Gasteiger charge is 2.31. The fraction of sp³-hybridized carbons (Fsp3) is 0.462. The van der Waals surface area contributed by atoms with Crippen LogP contribution < -0.4 is 15.0 Å². The Morgan fingerprint density at radius 3 is 2.94 bits per heavy atom. The largest absolute Gasteiger partial charge is 0.479 e. The third-order valence-corrected chi connectivity index (χ3v) is 3.31. The molecule has 0 aromatic heterocycles. The van der Waals surface area contributed by atoms with Gasteiger partial charge in [-0.15, -0.1) is 0 Å². The highest BCUT2D eigenvalue weighted by molar-refractivity contribution is 7.80. The maximum absolute atomic E-state index is 12.1.